The molecule has 6 heteroatoms. The van der Waals surface area contributed by atoms with E-state index in [4.69, 9.17) is 5.26 Å². The van der Waals surface area contributed by atoms with Crippen molar-refractivity contribution in [3.8, 4) is 6.07 Å². The van der Waals surface area contributed by atoms with Crippen LogP contribution in [0, 0.1) is 33.2 Å². The van der Waals surface area contributed by atoms with Crippen LogP contribution < -0.4 is 0 Å². The van der Waals surface area contributed by atoms with E-state index in [-0.39, 0.29) is 12.1 Å². The van der Waals surface area contributed by atoms with Gasteiger partial charge in [-0.15, -0.1) is 0 Å². The third-order valence-corrected chi connectivity index (χ3v) is 2.81. The van der Waals surface area contributed by atoms with E-state index in [0.29, 0.717) is 25.4 Å². The molecule has 0 radical (unpaired) electrons. The van der Waals surface area contributed by atoms with Gasteiger partial charge in [0.1, 0.15) is 0 Å². The summed E-state index contributed by atoms with van der Waals surface area (Å²) in [7, 11) is 0. The molecular weight excluding hydrogens is 261 g/mol. The molecule has 0 spiro atoms. The molecule has 0 atom stereocenters. The molecule has 0 bridgehead atoms. The third kappa shape index (κ3) is 4.59. The smallest absolute Gasteiger partial charge is 0.298 e. The van der Waals surface area contributed by atoms with Crippen molar-refractivity contribution in [1.29, 1.82) is 5.26 Å². The van der Waals surface area contributed by atoms with Gasteiger partial charge in [-0.05, 0) is 5.92 Å². The summed E-state index contributed by atoms with van der Waals surface area (Å²) in [5.74, 6) is -0.418. The molecule has 0 saturated carbocycles. The minimum atomic E-state index is -0.789. The van der Waals surface area contributed by atoms with Crippen molar-refractivity contribution >= 4 is 5.69 Å². The summed E-state index contributed by atoms with van der Waals surface area (Å²) in [5, 5.41) is 19.4. The third-order valence-electron chi connectivity index (χ3n) is 2.81. The van der Waals surface area contributed by atoms with Gasteiger partial charge in [-0.1, -0.05) is 26.0 Å². The molecule has 1 aromatic rings. The van der Waals surface area contributed by atoms with Crippen molar-refractivity contribution in [3.63, 3.8) is 0 Å². The van der Waals surface area contributed by atoms with E-state index in [1.807, 2.05) is 18.7 Å². The van der Waals surface area contributed by atoms with E-state index in [1.165, 1.54) is 6.07 Å². The molecule has 0 aliphatic heterocycles. The van der Waals surface area contributed by atoms with E-state index >= 15 is 0 Å². The molecule has 1 aromatic carbocycles. The maximum Gasteiger partial charge on any atom is 0.305 e. The lowest BCUT2D eigenvalue weighted by Gasteiger charge is -2.23. The van der Waals surface area contributed by atoms with Crippen molar-refractivity contribution in [2.45, 2.75) is 26.8 Å². The van der Waals surface area contributed by atoms with Crippen molar-refractivity contribution in [2.24, 2.45) is 5.92 Å². The van der Waals surface area contributed by atoms with Crippen molar-refractivity contribution in [3.05, 3.63) is 39.7 Å². The highest BCUT2D eigenvalue weighted by Gasteiger charge is 2.19. The molecule has 1 rings (SSSR count). The van der Waals surface area contributed by atoms with Crippen LogP contribution in [0.25, 0.3) is 0 Å². The summed E-state index contributed by atoms with van der Waals surface area (Å²) in [6, 6.07) is 6.24. The molecule has 0 N–H and O–H groups in total. The number of nitrogens with zero attached hydrogens (tertiary/aromatic N) is 3. The van der Waals surface area contributed by atoms with E-state index in [0.717, 1.165) is 6.07 Å². The SMILES string of the molecule is CC(C)CN(CCC#N)Cc1cccc([N+](=O)[O-])c1F. The molecule has 0 fully saturated rings. The van der Waals surface area contributed by atoms with Crippen molar-refractivity contribution in [1.82, 2.24) is 4.90 Å². The first-order valence-corrected chi connectivity index (χ1v) is 6.46. The van der Waals surface area contributed by atoms with Gasteiger partial charge in [0.05, 0.1) is 11.0 Å². The fourth-order valence-electron chi connectivity index (χ4n) is 2.03. The standard InChI is InChI=1S/C14H18FN3O2/c1-11(2)9-17(8-4-7-16)10-12-5-3-6-13(14(12)15)18(19)20/h3,5-6,11H,4,8-10H2,1-2H3. The highest BCUT2D eigenvalue weighted by atomic mass is 19.1. The first kappa shape index (κ1) is 16.1. The Bertz CT molecular complexity index is 512. The molecule has 20 heavy (non-hydrogen) atoms. The average Bonchev–Trinajstić information content (AvgIpc) is 2.37. The Kier molecular flexibility index (Phi) is 6.07. The summed E-state index contributed by atoms with van der Waals surface area (Å²) in [6.07, 6.45) is 0.350. The Morgan fingerprint density at radius 3 is 2.75 bits per heavy atom. The summed E-state index contributed by atoms with van der Waals surface area (Å²) in [6.45, 7) is 5.57. The Morgan fingerprint density at radius 2 is 2.20 bits per heavy atom. The van der Waals surface area contributed by atoms with Crippen LogP contribution in [0.3, 0.4) is 0 Å². The van der Waals surface area contributed by atoms with Gasteiger partial charge in [0.15, 0.2) is 0 Å². The Balaban J connectivity index is 2.90. The fraction of sp³-hybridized carbons (Fsp3) is 0.500. The first-order valence-electron chi connectivity index (χ1n) is 6.46. The lowest BCUT2D eigenvalue weighted by atomic mass is 10.1. The maximum absolute atomic E-state index is 14.0. The predicted octanol–water partition coefficient (Wildman–Crippen LogP) is 3.11. The van der Waals surface area contributed by atoms with Gasteiger partial charge in [0, 0.05) is 37.7 Å². The summed E-state index contributed by atoms with van der Waals surface area (Å²) >= 11 is 0. The van der Waals surface area contributed by atoms with Crippen LogP contribution in [0.4, 0.5) is 10.1 Å². The van der Waals surface area contributed by atoms with Gasteiger partial charge >= 0.3 is 5.69 Å². The van der Waals surface area contributed by atoms with Gasteiger partial charge in [-0.25, -0.2) is 0 Å². The normalized spacial score (nSPS) is 10.8. The zero-order chi connectivity index (χ0) is 15.1. The number of rotatable bonds is 7. The summed E-state index contributed by atoms with van der Waals surface area (Å²) < 4.78 is 14.0. The van der Waals surface area contributed by atoms with Gasteiger partial charge < -0.3 is 0 Å². The van der Waals surface area contributed by atoms with Gasteiger partial charge in [0.25, 0.3) is 0 Å². The summed E-state index contributed by atoms with van der Waals surface area (Å²) in [4.78, 5) is 11.9. The second-order valence-corrected chi connectivity index (χ2v) is 5.04. The molecule has 0 saturated heterocycles. The number of nitriles is 1. The largest absolute Gasteiger partial charge is 0.305 e. The molecule has 108 valence electrons. The topological polar surface area (TPSA) is 70.2 Å². The van der Waals surface area contributed by atoms with Crippen LogP contribution in [-0.4, -0.2) is 22.9 Å². The zero-order valence-electron chi connectivity index (χ0n) is 11.7. The van der Waals surface area contributed by atoms with E-state index in [2.05, 4.69) is 6.07 Å². The minimum absolute atomic E-state index is 0.271. The fourth-order valence-corrected chi connectivity index (χ4v) is 2.03. The van der Waals surface area contributed by atoms with Crippen molar-refractivity contribution < 1.29 is 9.31 Å². The number of benzene rings is 1. The van der Waals surface area contributed by atoms with Crippen molar-refractivity contribution in [2.75, 3.05) is 13.1 Å². The van der Waals surface area contributed by atoms with Crippen LogP contribution in [0.5, 0.6) is 0 Å². The van der Waals surface area contributed by atoms with E-state index in [9.17, 15) is 14.5 Å². The zero-order valence-corrected chi connectivity index (χ0v) is 11.7. The highest BCUT2D eigenvalue weighted by Crippen LogP contribution is 2.21. The van der Waals surface area contributed by atoms with E-state index in [1.54, 1.807) is 6.07 Å². The van der Waals surface area contributed by atoms with Gasteiger partial charge in [0.2, 0.25) is 5.82 Å². The molecule has 0 amide bonds. The van der Waals surface area contributed by atoms with Crippen LogP contribution >= 0.6 is 0 Å². The average molecular weight is 279 g/mol. The lowest BCUT2D eigenvalue weighted by molar-refractivity contribution is -0.387. The predicted molar refractivity (Wildman–Crippen MR) is 73.4 cm³/mol. The monoisotopic (exact) mass is 279 g/mol. The van der Waals surface area contributed by atoms with E-state index < -0.39 is 16.4 Å². The van der Waals surface area contributed by atoms with Gasteiger partial charge in [-0.3, -0.25) is 15.0 Å². The minimum Gasteiger partial charge on any atom is -0.298 e. The lowest BCUT2D eigenvalue weighted by Crippen LogP contribution is -2.28. The second-order valence-electron chi connectivity index (χ2n) is 5.04. The number of hydrogen-bond donors (Lipinski definition) is 0. The second kappa shape index (κ2) is 7.56. The number of hydrogen-bond acceptors (Lipinski definition) is 4. The molecule has 0 unspecified atom stereocenters. The van der Waals surface area contributed by atoms with Crippen LogP contribution in [0.15, 0.2) is 18.2 Å². The number of nitro groups is 1. The Hall–Kier alpha value is -2.00. The first-order chi connectivity index (χ1) is 9.45. The molecule has 0 aromatic heterocycles. The number of nitro benzene ring substituents is 1. The molecule has 0 heterocycles. The Labute approximate surface area is 117 Å². The number of halogens is 1. The molecule has 0 aliphatic carbocycles. The Morgan fingerprint density at radius 1 is 1.50 bits per heavy atom. The summed E-state index contributed by atoms with van der Waals surface area (Å²) in [5.41, 5.74) is -0.218. The van der Waals surface area contributed by atoms with Crippen LogP contribution in [0.1, 0.15) is 25.8 Å². The van der Waals surface area contributed by atoms with Gasteiger partial charge in [-0.2, -0.15) is 9.65 Å². The van der Waals surface area contributed by atoms with Crippen LogP contribution in [-0.2, 0) is 6.54 Å². The molecular formula is C14H18FN3O2. The molecule has 0 aliphatic rings. The highest BCUT2D eigenvalue weighted by molar-refractivity contribution is 5.36. The quantitative estimate of drug-likeness (QED) is 0.568. The van der Waals surface area contributed by atoms with Crippen LogP contribution in [0.2, 0.25) is 0 Å². The maximum atomic E-state index is 14.0. The molecule has 5 nitrogen and oxygen atoms in total.